The molecule has 132 valence electrons. The fourth-order valence-corrected chi connectivity index (χ4v) is 4.50. The molecule has 1 aliphatic rings. The van der Waals surface area contributed by atoms with Gasteiger partial charge in [-0.2, -0.15) is 0 Å². The maximum atomic E-state index is 5.63. The van der Waals surface area contributed by atoms with Crippen molar-refractivity contribution in [3.05, 3.63) is 29.8 Å². The molecule has 0 aliphatic carbocycles. The van der Waals surface area contributed by atoms with E-state index >= 15 is 0 Å². The fourth-order valence-electron chi connectivity index (χ4n) is 2.48. The van der Waals surface area contributed by atoms with E-state index in [1.165, 1.54) is 5.56 Å². The third-order valence-corrected chi connectivity index (χ3v) is 6.60. The molecule has 3 nitrogen and oxygen atoms in total. The van der Waals surface area contributed by atoms with Gasteiger partial charge in [-0.15, -0.1) is 0 Å². The van der Waals surface area contributed by atoms with Crippen LogP contribution in [0.3, 0.4) is 0 Å². The number of hydrogen-bond acceptors (Lipinski definition) is 5. The first-order valence-corrected chi connectivity index (χ1v) is 10.5. The first-order chi connectivity index (χ1) is 11.3. The van der Waals surface area contributed by atoms with E-state index in [0.29, 0.717) is 11.9 Å². The molecule has 0 amide bonds. The van der Waals surface area contributed by atoms with Gasteiger partial charge in [-0.1, -0.05) is 81.6 Å². The number of aliphatic imine (C=N–C) groups is 1. The zero-order chi connectivity index (χ0) is 17.7. The van der Waals surface area contributed by atoms with Crippen molar-refractivity contribution in [1.29, 1.82) is 0 Å². The van der Waals surface area contributed by atoms with Crippen LogP contribution in [0.5, 0.6) is 0 Å². The molecule has 0 atom stereocenters. The van der Waals surface area contributed by atoms with Crippen LogP contribution in [0.4, 0.5) is 5.69 Å². The van der Waals surface area contributed by atoms with Crippen molar-refractivity contribution < 1.29 is 4.74 Å². The summed E-state index contributed by atoms with van der Waals surface area (Å²) in [5, 5.41) is 0.996. The van der Waals surface area contributed by atoms with Gasteiger partial charge in [-0.05, 0) is 23.0 Å². The van der Waals surface area contributed by atoms with E-state index in [1.807, 2.05) is 6.07 Å². The highest BCUT2D eigenvalue weighted by Gasteiger charge is 2.33. The molecule has 1 aromatic rings. The van der Waals surface area contributed by atoms with E-state index in [-0.39, 0.29) is 5.41 Å². The lowest BCUT2D eigenvalue weighted by molar-refractivity contribution is 0.259. The Labute approximate surface area is 159 Å². The fraction of sp³-hybridized carbons (Fsp3) is 0.556. The second-order valence-electron chi connectivity index (χ2n) is 6.96. The summed E-state index contributed by atoms with van der Waals surface area (Å²) < 4.78 is 5.99. The lowest BCUT2D eigenvalue weighted by Gasteiger charge is -2.39. The minimum Gasteiger partial charge on any atom is -0.374 e. The summed E-state index contributed by atoms with van der Waals surface area (Å²) in [6.45, 7) is 9.84. The molecule has 1 saturated heterocycles. The van der Waals surface area contributed by atoms with Crippen LogP contribution in [-0.2, 0) is 4.74 Å². The quantitative estimate of drug-likeness (QED) is 0.506. The normalized spacial score (nSPS) is 19.1. The molecule has 0 N–H and O–H groups in total. The first kappa shape index (κ1) is 19.8. The number of thioether (sulfide) groups is 2. The molecule has 24 heavy (non-hydrogen) atoms. The molecule has 0 spiro atoms. The lowest BCUT2D eigenvalue weighted by Crippen LogP contribution is -2.45. The summed E-state index contributed by atoms with van der Waals surface area (Å²) >= 11 is 8.97. The second-order valence-corrected chi connectivity index (χ2v) is 9.46. The molecule has 0 radical (unpaired) electrons. The Bertz CT molecular complexity index is 614. The van der Waals surface area contributed by atoms with Gasteiger partial charge >= 0.3 is 0 Å². The van der Waals surface area contributed by atoms with Gasteiger partial charge in [0, 0.05) is 19.4 Å². The van der Waals surface area contributed by atoms with E-state index in [2.05, 4.69) is 50.8 Å². The van der Waals surface area contributed by atoms with Gasteiger partial charge in [0.15, 0.2) is 5.17 Å². The molecule has 2 rings (SSSR count). The van der Waals surface area contributed by atoms with Crippen LogP contribution < -0.4 is 0 Å². The van der Waals surface area contributed by atoms with Crippen molar-refractivity contribution in [3.63, 3.8) is 0 Å². The van der Waals surface area contributed by atoms with Crippen molar-refractivity contribution in [2.24, 2.45) is 10.4 Å². The molecular formula is C18H26N2OS3. The summed E-state index contributed by atoms with van der Waals surface area (Å²) in [7, 11) is 1.69. The summed E-state index contributed by atoms with van der Waals surface area (Å²) in [6, 6.07) is 8.37. The van der Waals surface area contributed by atoms with Gasteiger partial charge in [-0.25, -0.2) is 4.99 Å². The number of ether oxygens (including phenoxy) is 1. The molecule has 1 heterocycles. The van der Waals surface area contributed by atoms with Gasteiger partial charge in [0.2, 0.25) is 0 Å². The molecule has 1 aromatic carbocycles. The second kappa shape index (κ2) is 8.70. The number of nitrogens with zero attached hydrogens (tertiary/aromatic N) is 2. The maximum absolute atomic E-state index is 5.63. The van der Waals surface area contributed by atoms with Crippen LogP contribution >= 0.6 is 35.7 Å². The van der Waals surface area contributed by atoms with Crippen LogP contribution in [0.25, 0.3) is 0 Å². The highest BCUT2D eigenvalue weighted by molar-refractivity contribution is 8.23. The Morgan fingerprint density at radius 3 is 2.79 bits per heavy atom. The topological polar surface area (TPSA) is 24.8 Å². The summed E-state index contributed by atoms with van der Waals surface area (Å²) in [6.07, 6.45) is 0. The Hall–Kier alpha value is -0.560. The van der Waals surface area contributed by atoms with E-state index in [4.69, 9.17) is 21.9 Å². The van der Waals surface area contributed by atoms with Gasteiger partial charge in [0.25, 0.3) is 0 Å². The van der Waals surface area contributed by atoms with Gasteiger partial charge in [0.05, 0.1) is 11.6 Å². The maximum Gasteiger partial charge on any atom is 0.169 e. The average molecular weight is 383 g/mol. The smallest absolute Gasteiger partial charge is 0.169 e. The van der Waals surface area contributed by atoms with Gasteiger partial charge in [-0.3, -0.25) is 0 Å². The van der Waals surface area contributed by atoms with Crippen molar-refractivity contribution in [1.82, 2.24) is 4.90 Å². The van der Waals surface area contributed by atoms with Crippen molar-refractivity contribution in [2.75, 3.05) is 25.3 Å². The molecule has 1 aliphatic heterocycles. The molecule has 0 bridgehead atoms. The van der Waals surface area contributed by atoms with Gasteiger partial charge < -0.3 is 9.64 Å². The number of hydrogen-bond donors (Lipinski definition) is 0. The Morgan fingerprint density at radius 2 is 2.12 bits per heavy atom. The minimum absolute atomic E-state index is 0.207. The predicted molar refractivity (Wildman–Crippen MR) is 113 cm³/mol. The first-order valence-electron chi connectivity index (χ1n) is 8.08. The zero-order valence-electron chi connectivity index (χ0n) is 15.0. The molecule has 0 unspecified atom stereocenters. The van der Waals surface area contributed by atoms with Crippen LogP contribution in [-0.4, -0.2) is 39.7 Å². The molecular weight excluding hydrogens is 356 g/mol. The Balaban J connectivity index is 2.33. The largest absolute Gasteiger partial charge is 0.374 e. The monoisotopic (exact) mass is 382 g/mol. The third kappa shape index (κ3) is 5.22. The summed E-state index contributed by atoms with van der Waals surface area (Å²) in [5.74, 6) is 2.05. The van der Waals surface area contributed by atoms with E-state index in [9.17, 15) is 0 Å². The number of thiocarbonyl (C=S) groups is 1. The Kier molecular flexibility index (Phi) is 7.16. The number of methoxy groups -OCH3 is 1. The number of amidine groups is 1. The van der Waals surface area contributed by atoms with Crippen molar-refractivity contribution in [2.45, 2.75) is 33.6 Å². The number of benzene rings is 1. The molecule has 0 aromatic heterocycles. The average Bonchev–Trinajstić information content (AvgIpc) is 2.54. The molecule has 1 fully saturated rings. The molecule has 0 saturated carbocycles. The van der Waals surface area contributed by atoms with Crippen molar-refractivity contribution in [3.8, 4) is 0 Å². The van der Waals surface area contributed by atoms with Crippen LogP contribution in [0.1, 0.15) is 39.2 Å². The predicted octanol–water partition coefficient (Wildman–Crippen LogP) is 5.49. The number of rotatable bonds is 4. The third-order valence-electron chi connectivity index (χ3n) is 3.70. The van der Waals surface area contributed by atoms with Crippen LogP contribution in [0.2, 0.25) is 0 Å². The van der Waals surface area contributed by atoms with Crippen molar-refractivity contribution >= 4 is 50.9 Å². The van der Waals surface area contributed by atoms with Crippen LogP contribution in [0.15, 0.2) is 29.3 Å². The highest BCUT2D eigenvalue weighted by atomic mass is 32.2. The number of para-hydroxylation sites is 1. The van der Waals surface area contributed by atoms with Gasteiger partial charge in [0.1, 0.15) is 4.32 Å². The zero-order valence-corrected chi connectivity index (χ0v) is 17.5. The molecule has 6 heteroatoms. The van der Waals surface area contributed by atoms with E-state index in [0.717, 1.165) is 27.5 Å². The summed E-state index contributed by atoms with van der Waals surface area (Å²) in [5.41, 5.74) is 2.52. The van der Waals surface area contributed by atoms with E-state index in [1.54, 1.807) is 30.6 Å². The van der Waals surface area contributed by atoms with Crippen LogP contribution in [0, 0.1) is 5.41 Å². The Morgan fingerprint density at radius 1 is 1.42 bits per heavy atom. The minimum atomic E-state index is 0.207. The lowest BCUT2D eigenvalue weighted by atomic mass is 9.96. The highest BCUT2D eigenvalue weighted by Crippen LogP contribution is 2.35. The van der Waals surface area contributed by atoms with E-state index < -0.39 is 0 Å². The standard InChI is InChI=1S/C18H26N2OS3/c1-13(2)14-8-6-7-9-15(14)19-16-20(17(22)24-12-21-5)10-18(3,4)11-23-16/h6-9,13H,10-12H2,1-5H3. The SMILES string of the molecule is COCSC(=S)N1CC(C)(C)CSC1=Nc1ccccc1C(C)C. The summed E-state index contributed by atoms with van der Waals surface area (Å²) in [4.78, 5) is 7.15.